The number of hydrogen-bond donors (Lipinski definition) is 3. The molecule has 1 unspecified atom stereocenters. The fourth-order valence-corrected chi connectivity index (χ4v) is 1.10. The van der Waals surface area contributed by atoms with Crippen LogP contribution in [0, 0.1) is 0 Å². The molecule has 3 amide bonds. The molecule has 0 spiro atoms. The minimum absolute atomic E-state index is 0. The summed E-state index contributed by atoms with van der Waals surface area (Å²) in [7, 11) is 0. The molecule has 0 bridgehead atoms. The van der Waals surface area contributed by atoms with E-state index in [0.29, 0.717) is 0 Å². The molecular formula is C7H11ClFN3O4. The van der Waals surface area contributed by atoms with Crippen molar-refractivity contribution < 1.29 is 23.9 Å². The summed E-state index contributed by atoms with van der Waals surface area (Å²) in [4.78, 5) is 33.0. The highest BCUT2D eigenvalue weighted by Crippen LogP contribution is 2.05. The number of alkyl halides is 1. The van der Waals surface area contributed by atoms with Gasteiger partial charge in [-0.25, -0.2) is 9.18 Å². The lowest BCUT2D eigenvalue weighted by molar-refractivity contribution is -0.138. The maximum atomic E-state index is 12.9. The van der Waals surface area contributed by atoms with Crippen molar-refractivity contribution in [2.24, 2.45) is 5.73 Å². The molecule has 0 aliphatic carbocycles. The van der Waals surface area contributed by atoms with Gasteiger partial charge in [0.15, 0.2) is 6.17 Å². The van der Waals surface area contributed by atoms with Crippen LogP contribution in [0.25, 0.3) is 0 Å². The van der Waals surface area contributed by atoms with E-state index in [-0.39, 0.29) is 19.0 Å². The molecule has 1 rings (SSSR count). The molecule has 1 aliphatic heterocycles. The molecule has 0 aromatic rings. The normalized spacial score (nSPS) is 22.1. The summed E-state index contributed by atoms with van der Waals surface area (Å²) < 4.78 is 12.9. The van der Waals surface area contributed by atoms with E-state index in [4.69, 9.17) is 10.8 Å². The van der Waals surface area contributed by atoms with Crippen molar-refractivity contribution in [3.8, 4) is 0 Å². The number of nitrogens with zero attached hydrogens (tertiary/aromatic N) is 1. The molecule has 0 aromatic heterocycles. The molecule has 92 valence electrons. The number of urea groups is 1. The molecule has 1 aliphatic rings. The molecule has 0 radical (unpaired) electrons. The second kappa shape index (κ2) is 5.61. The quantitative estimate of drug-likeness (QED) is 0.581. The maximum Gasteiger partial charge on any atom is 0.324 e. The largest absolute Gasteiger partial charge is 0.480 e. The van der Waals surface area contributed by atoms with Crippen LogP contribution in [-0.4, -0.2) is 53.2 Å². The number of aliphatic carboxylic acids is 1. The third kappa shape index (κ3) is 3.31. The van der Waals surface area contributed by atoms with Crippen molar-refractivity contribution in [1.29, 1.82) is 0 Å². The van der Waals surface area contributed by atoms with E-state index in [2.05, 4.69) is 0 Å². The highest BCUT2D eigenvalue weighted by molar-refractivity contribution is 5.99. The van der Waals surface area contributed by atoms with Crippen molar-refractivity contribution in [2.75, 3.05) is 13.1 Å². The van der Waals surface area contributed by atoms with E-state index >= 15 is 0 Å². The average molecular weight is 256 g/mol. The summed E-state index contributed by atoms with van der Waals surface area (Å²) in [5.74, 6) is -2.31. The van der Waals surface area contributed by atoms with E-state index in [9.17, 15) is 18.8 Å². The topological polar surface area (TPSA) is 113 Å². The van der Waals surface area contributed by atoms with E-state index in [0.717, 1.165) is 4.90 Å². The van der Waals surface area contributed by atoms with Gasteiger partial charge in [0, 0.05) is 6.54 Å². The van der Waals surface area contributed by atoms with Crippen LogP contribution in [0.3, 0.4) is 0 Å². The Morgan fingerprint density at radius 1 is 1.69 bits per heavy atom. The van der Waals surface area contributed by atoms with E-state index < -0.39 is 36.7 Å². The lowest BCUT2D eigenvalue weighted by Crippen LogP contribution is -2.58. The number of nitrogens with one attached hydrogen (secondary N) is 1. The van der Waals surface area contributed by atoms with Crippen LogP contribution in [0.4, 0.5) is 9.18 Å². The zero-order chi connectivity index (χ0) is 11.6. The Morgan fingerprint density at radius 3 is 2.75 bits per heavy atom. The van der Waals surface area contributed by atoms with Crippen LogP contribution in [0.2, 0.25) is 0 Å². The van der Waals surface area contributed by atoms with Gasteiger partial charge in [-0.2, -0.15) is 0 Å². The van der Waals surface area contributed by atoms with Crippen LogP contribution in [0.5, 0.6) is 0 Å². The number of halogens is 2. The average Bonchev–Trinajstić information content (AvgIpc) is 2.13. The second-order valence-electron chi connectivity index (χ2n) is 3.11. The third-order valence-corrected chi connectivity index (χ3v) is 1.92. The zero-order valence-electron chi connectivity index (χ0n) is 8.05. The molecule has 2 atom stereocenters. The summed E-state index contributed by atoms with van der Waals surface area (Å²) in [6, 6.07) is -2.12. The Kier molecular flexibility index (Phi) is 5.12. The first kappa shape index (κ1) is 14.6. The monoisotopic (exact) mass is 255 g/mol. The number of carbonyl (C=O) groups excluding carboxylic acids is 2. The van der Waals surface area contributed by atoms with Crippen molar-refractivity contribution in [2.45, 2.75) is 12.2 Å². The first-order valence-electron chi connectivity index (χ1n) is 4.14. The Bertz CT molecular complexity index is 314. The number of carboxylic acids is 1. The summed E-state index contributed by atoms with van der Waals surface area (Å²) in [5.41, 5.74) is 5.16. The third-order valence-electron chi connectivity index (χ3n) is 1.92. The Labute approximate surface area is 96.2 Å². The van der Waals surface area contributed by atoms with Gasteiger partial charge >= 0.3 is 12.0 Å². The number of nitrogens with two attached hydrogens (primary N) is 1. The summed E-state index contributed by atoms with van der Waals surface area (Å²) in [5, 5.41) is 10.2. The Balaban J connectivity index is 0.00000225. The molecule has 4 N–H and O–H groups in total. The van der Waals surface area contributed by atoms with E-state index in [1.165, 1.54) is 0 Å². The van der Waals surface area contributed by atoms with Crippen molar-refractivity contribution in [1.82, 2.24) is 10.2 Å². The molecule has 1 saturated heterocycles. The summed E-state index contributed by atoms with van der Waals surface area (Å²) in [6.45, 7) is -0.805. The van der Waals surface area contributed by atoms with E-state index in [1.807, 2.05) is 0 Å². The van der Waals surface area contributed by atoms with Crippen LogP contribution in [-0.2, 0) is 9.59 Å². The number of imide groups is 1. The fourth-order valence-electron chi connectivity index (χ4n) is 1.10. The number of rotatable bonds is 3. The predicted octanol–water partition coefficient (Wildman–Crippen LogP) is -1.29. The van der Waals surface area contributed by atoms with Gasteiger partial charge in [0.05, 0.1) is 6.54 Å². The van der Waals surface area contributed by atoms with Crippen LogP contribution >= 0.6 is 12.4 Å². The molecule has 16 heavy (non-hydrogen) atoms. The fraction of sp³-hybridized carbons (Fsp3) is 0.571. The van der Waals surface area contributed by atoms with Crippen LogP contribution in [0.15, 0.2) is 0 Å². The van der Waals surface area contributed by atoms with Gasteiger partial charge in [-0.15, -0.1) is 12.4 Å². The Morgan fingerprint density at radius 2 is 2.25 bits per heavy atom. The minimum Gasteiger partial charge on any atom is -0.480 e. The highest BCUT2D eigenvalue weighted by Gasteiger charge is 2.33. The van der Waals surface area contributed by atoms with Crippen molar-refractivity contribution >= 4 is 30.3 Å². The van der Waals surface area contributed by atoms with Gasteiger partial charge < -0.3 is 15.7 Å². The number of hydrogen-bond acceptors (Lipinski definition) is 4. The number of carboxylic acid groups (broad SMARTS) is 1. The first-order chi connectivity index (χ1) is 6.91. The molecule has 1 heterocycles. The molecular weight excluding hydrogens is 245 g/mol. The summed E-state index contributed by atoms with van der Waals surface area (Å²) in [6.07, 6.45) is -1.84. The number of carbonyl (C=O) groups is 3. The predicted molar refractivity (Wildman–Crippen MR) is 52.9 cm³/mol. The van der Waals surface area contributed by atoms with Gasteiger partial charge in [0.25, 0.3) is 5.91 Å². The molecule has 0 saturated carbocycles. The number of amides is 3. The molecule has 1 fully saturated rings. The first-order valence-corrected chi connectivity index (χ1v) is 4.14. The minimum atomic E-state index is -1.84. The zero-order valence-corrected chi connectivity index (χ0v) is 8.87. The van der Waals surface area contributed by atoms with Crippen LogP contribution in [0.1, 0.15) is 0 Å². The lowest BCUT2D eigenvalue weighted by atomic mass is 10.2. The van der Waals surface area contributed by atoms with Gasteiger partial charge in [0.2, 0.25) is 0 Å². The highest BCUT2D eigenvalue weighted by atomic mass is 35.5. The molecule has 0 aromatic carbocycles. The summed E-state index contributed by atoms with van der Waals surface area (Å²) >= 11 is 0. The van der Waals surface area contributed by atoms with Crippen molar-refractivity contribution in [3.05, 3.63) is 0 Å². The van der Waals surface area contributed by atoms with Gasteiger partial charge in [0.1, 0.15) is 6.04 Å². The molecule has 7 nitrogen and oxygen atoms in total. The van der Waals surface area contributed by atoms with Gasteiger partial charge in [-0.3, -0.25) is 14.9 Å². The maximum absolute atomic E-state index is 12.9. The lowest BCUT2D eigenvalue weighted by Gasteiger charge is -2.29. The second-order valence-corrected chi connectivity index (χ2v) is 3.11. The van der Waals surface area contributed by atoms with Crippen LogP contribution < -0.4 is 11.1 Å². The van der Waals surface area contributed by atoms with Gasteiger partial charge in [-0.1, -0.05) is 0 Å². The smallest absolute Gasteiger partial charge is 0.324 e. The standard InChI is InChI=1S/C7H10FN3O4.ClH/c8-3-1-11(2-4(9)6(13)14)7(15)10-5(3)12;/h3-4H,1-2,9H2,(H,13,14)(H,10,12,15);1H/t3?,4-;/m0./s1. The van der Waals surface area contributed by atoms with Gasteiger partial charge in [-0.05, 0) is 0 Å². The SMILES string of the molecule is Cl.N[C@@H](CN1CC(F)C(=O)NC1=O)C(=O)O. The van der Waals surface area contributed by atoms with Crippen molar-refractivity contribution in [3.63, 3.8) is 0 Å². The molecule has 9 heteroatoms. The Hall–Kier alpha value is -1.41. The van der Waals surface area contributed by atoms with E-state index in [1.54, 1.807) is 5.32 Å².